The standard InChI is InChI=1S/C28H24FN7OS.C25H26N8O2.C20H28N4O5S2/c1-34-26(37)24-25(36-21-8-4-7-20(21)32-28(34)36)33-35(27(24)38-23-10-2-3-15-30-23)16-17-11-13-18(14-12-17)19-6-5-9-22(29)31-19;1-17(2)13-31-23-21(24(34)30(3)25(31)35)22(28-19-7-5-4-6-8-19)32(29-23)14-18-9-11-20(12-10-18)33-16-26-15-27-33;1-20(2,3)12-24-16(21)15(18(25)23(4)19(24)26)17(30(5)27)22-11-13-7-9-14(10-8-13)31(6,28)29/h2-3,5-6,9-15,20-21H,4,7-8,16H2,1H3;4-12,15-17,28H,13-14H2,1-3H3;7-10H,11-12,21H2,1-6H3/t20-,21+;;/m1../s1. The lowest BCUT2D eigenvalue weighted by molar-refractivity contribution is 0.0861. The van der Waals surface area contributed by atoms with Crippen molar-refractivity contribution in [3.8, 4) is 16.9 Å². The molecule has 104 heavy (non-hydrogen) atoms. The Morgan fingerprint density at radius 3 is 2.09 bits per heavy atom. The van der Waals surface area contributed by atoms with E-state index in [4.69, 9.17) is 20.9 Å². The highest BCUT2D eigenvalue weighted by molar-refractivity contribution is 8.00. The molecule has 27 nitrogen and oxygen atoms in total. The summed E-state index contributed by atoms with van der Waals surface area (Å²) in [6.07, 6.45) is 10.6. The average Bonchev–Trinajstić information content (AvgIpc) is 1.57. The third kappa shape index (κ3) is 15.5. The fourth-order valence-electron chi connectivity index (χ4n) is 12.5. The quantitative estimate of drug-likeness (QED) is 0.0489. The van der Waals surface area contributed by atoms with Crippen molar-refractivity contribution < 1.29 is 21.8 Å². The van der Waals surface area contributed by atoms with Crippen LogP contribution in [-0.2, 0) is 67.5 Å². The molecule has 0 spiro atoms. The Kier molecular flexibility index (Phi) is 21.1. The molecule has 1 unspecified atom stereocenters. The van der Waals surface area contributed by atoms with E-state index in [-0.39, 0.29) is 75.0 Å². The molecule has 0 saturated heterocycles. The van der Waals surface area contributed by atoms with Gasteiger partial charge in [-0.1, -0.05) is 113 Å². The molecule has 11 aromatic rings. The summed E-state index contributed by atoms with van der Waals surface area (Å²) in [6.45, 7) is 11.5. The molecule has 4 aromatic carbocycles. The van der Waals surface area contributed by atoms with E-state index in [0.29, 0.717) is 65.1 Å². The number of fused-ring (bicyclic) bond motifs is 6. The van der Waals surface area contributed by atoms with Crippen molar-refractivity contribution in [3.63, 3.8) is 0 Å². The van der Waals surface area contributed by atoms with Crippen LogP contribution in [0.5, 0.6) is 0 Å². The summed E-state index contributed by atoms with van der Waals surface area (Å²) >= 11 is 1.45. The minimum absolute atomic E-state index is 0.0204. The van der Waals surface area contributed by atoms with Crippen molar-refractivity contribution in [1.29, 1.82) is 0 Å². The molecule has 1 saturated carbocycles. The van der Waals surface area contributed by atoms with Crippen molar-refractivity contribution in [3.05, 3.63) is 234 Å². The molecule has 0 radical (unpaired) electrons. The highest BCUT2D eigenvalue weighted by Crippen LogP contribution is 2.44. The zero-order valence-electron chi connectivity index (χ0n) is 58.9. The largest absolute Gasteiger partial charge is 0.384 e. The second kappa shape index (κ2) is 30.1. The molecule has 2 aliphatic heterocycles. The number of aliphatic imine (C=N–C) groups is 2. The van der Waals surface area contributed by atoms with Gasteiger partial charge in [0.05, 0.1) is 58.8 Å². The van der Waals surface area contributed by atoms with E-state index >= 15 is 0 Å². The molecule has 1 fully saturated rings. The van der Waals surface area contributed by atoms with Gasteiger partial charge in [0.1, 0.15) is 55.9 Å². The molecule has 31 heteroatoms. The number of nitrogens with two attached hydrogens (primary N) is 1. The van der Waals surface area contributed by atoms with Gasteiger partial charge in [-0.15, -0.1) is 0 Å². The van der Waals surface area contributed by atoms with Crippen LogP contribution in [0.4, 0.5) is 27.5 Å². The fourth-order valence-corrected chi connectivity index (χ4v) is 14.8. The maximum atomic E-state index is 13.7. The summed E-state index contributed by atoms with van der Waals surface area (Å²) in [5.74, 6) is 1.44. The maximum Gasteiger partial charge on any atom is 0.332 e. The van der Waals surface area contributed by atoms with E-state index in [9.17, 15) is 41.0 Å². The van der Waals surface area contributed by atoms with Gasteiger partial charge in [-0.3, -0.25) is 56.3 Å². The number of pyridine rings is 2. The third-order valence-corrected chi connectivity index (χ3v) is 20.6. The average molecular weight is 1460 g/mol. The normalized spacial score (nSPS) is 15.2. The number of carbonyl (C=O) groups is 1. The number of amides is 1. The van der Waals surface area contributed by atoms with E-state index in [0.717, 1.165) is 72.8 Å². The van der Waals surface area contributed by atoms with Crippen LogP contribution in [0.3, 0.4) is 0 Å². The molecule has 538 valence electrons. The number of guanidine groups is 1. The Bertz CT molecular complexity index is 5500. The van der Waals surface area contributed by atoms with Crippen molar-refractivity contribution in [2.45, 2.75) is 114 Å². The van der Waals surface area contributed by atoms with Crippen LogP contribution in [0.1, 0.15) is 86.5 Å². The zero-order chi connectivity index (χ0) is 74.1. The monoisotopic (exact) mass is 1460 g/mol. The lowest BCUT2D eigenvalue weighted by Crippen LogP contribution is -2.51. The molecular weight excluding hydrogens is 1390 g/mol. The molecule has 3 aliphatic rings. The number of anilines is 4. The maximum absolute atomic E-state index is 13.7. The van der Waals surface area contributed by atoms with Crippen LogP contribution in [0.2, 0.25) is 0 Å². The Hall–Kier alpha value is -11.1. The van der Waals surface area contributed by atoms with Crippen LogP contribution in [0.15, 0.2) is 202 Å². The Morgan fingerprint density at radius 2 is 1.45 bits per heavy atom. The Balaban J connectivity index is 0.000000148. The molecule has 14 rings (SSSR count). The first kappa shape index (κ1) is 72.7. The lowest BCUT2D eigenvalue weighted by atomic mass is 9.97. The summed E-state index contributed by atoms with van der Waals surface area (Å²) < 4.78 is 59.6. The number of benzene rings is 4. The fraction of sp³-hybridized carbons (Fsp3) is 0.301. The van der Waals surface area contributed by atoms with Crippen molar-refractivity contribution in [2.75, 3.05) is 35.5 Å². The van der Waals surface area contributed by atoms with Gasteiger partial charge in [-0.25, -0.2) is 47.3 Å². The number of halogens is 1. The highest BCUT2D eigenvalue weighted by atomic mass is 32.2. The van der Waals surface area contributed by atoms with E-state index in [2.05, 4.69) is 35.3 Å². The number of sulfone groups is 1. The Labute approximate surface area is 604 Å². The van der Waals surface area contributed by atoms with E-state index in [1.54, 1.807) is 62.7 Å². The number of hydrogen-bond donors (Lipinski definition) is 2. The van der Waals surface area contributed by atoms with Crippen LogP contribution >= 0.6 is 11.8 Å². The predicted octanol–water partition coefficient (Wildman–Crippen LogP) is 8.69. The number of nitrogen functional groups attached to an aromatic ring is 1. The van der Waals surface area contributed by atoms with Crippen LogP contribution in [-0.4, -0.2) is 129 Å². The SMILES string of the molecule is CC(C)Cn1c(=O)n(C)c(=O)c2c(Nc3ccccc3)n(Cc3ccc(-n4cncn4)cc3)nc21.CN1C(=O)c2c(nn(Cc3ccc(-c4cccc(F)n4)cc3)c2Sc2ccccn2)N2C1=N[C@@H]1CCC[C@@H]12.Cn1c(=O)c(C(=NCc2ccc(S(C)(=O)=O)cc2)S(C)=O)c(N)n(CC(C)(C)C)c1=O. The number of para-hydroxylation sites is 1. The smallest absolute Gasteiger partial charge is 0.332 e. The topological polar surface area (TPSA) is 318 Å². The number of rotatable bonds is 17. The first-order chi connectivity index (χ1) is 49.6. The van der Waals surface area contributed by atoms with Crippen LogP contribution < -0.4 is 38.4 Å². The number of hydrogen-bond acceptors (Lipinski definition) is 20. The Morgan fingerprint density at radius 1 is 0.788 bits per heavy atom. The molecular formula is C73H78FN19O8S3. The van der Waals surface area contributed by atoms with Gasteiger partial charge in [0.2, 0.25) is 11.9 Å². The summed E-state index contributed by atoms with van der Waals surface area (Å²) in [7, 11) is -0.349. The van der Waals surface area contributed by atoms with Crippen molar-refractivity contribution in [2.24, 2.45) is 35.4 Å². The summed E-state index contributed by atoms with van der Waals surface area (Å²) in [6, 6.07) is 42.4. The predicted molar refractivity (Wildman–Crippen MR) is 401 cm³/mol. The number of nitrogens with one attached hydrogen (secondary N) is 1. The summed E-state index contributed by atoms with van der Waals surface area (Å²) in [5, 5.41) is 19.2. The molecule has 3 N–H and O–H groups in total. The third-order valence-electron chi connectivity index (χ3n) is 17.6. The van der Waals surface area contributed by atoms with E-state index in [1.165, 1.54) is 61.2 Å². The van der Waals surface area contributed by atoms with Crippen molar-refractivity contribution >= 4 is 83.5 Å². The molecule has 3 atom stereocenters. The lowest BCUT2D eigenvalue weighted by Gasteiger charge is -2.34. The minimum atomic E-state index is -3.32. The highest BCUT2D eigenvalue weighted by Gasteiger charge is 2.49. The van der Waals surface area contributed by atoms with E-state index < -0.39 is 37.8 Å². The van der Waals surface area contributed by atoms with Gasteiger partial charge >= 0.3 is 11.4 Å². The minimum Gasteiger partial charge on any atom is -0.384 e. The number of nitrogens with zero attached hydrogens (tertiary/aromatic N) is 17. The second-order valence-corrected chi connectivity index (χ2v) is 31.4. The molecule has 0 bridgehead atoms. The molecule has 1 amide bonds. The summed E-state index contributed by atoms with van der Waals surface area (Å²) in [4.78, 5) is 91.1. The van der Waals surface area contributed by atoms with Crippen LogP contribution in [0, 0.1) is 17.3 Å². The molecule has 7 aromatic heterocycles. The van der Waals surface area contributed by atoms with Gasteiger partial charge in [-0.05, 0) is 120 Å². The van der Waals surface area contributed by atoms with Gasteiger partial charge in [0.25, 0.3) is 17.0 Å². The first-order valence-corrected chi connectivity index (χ1v) is 37.7. The number of aromatic nitrogens is 13. The van der Waals surface area contributed by atoms with Gasteiger partial charge in [0.15, 0.2) is 21.3 Å². The number of carbonyl (C=O) groups excluding carboxylic acids is 1. The van der Waals surface area contributed by atoms with Gasteiger partial charge < -0.3 is 11.1 Å². The van der Waals surface area contributed by atoms with Gasteiger partial charge in [0, 0.05) is 64.2 Å². The zero-order valence-corrected chi connectivity index (χ0v) is 61.4. The van der Waals surface area contributed by atoms with Crippen LogP contribution in [0.25, 0.3) is 28.0 Å². The molecule has 1 aliphatic carbocycles. The van der Waals surface area contributed by atoms with Crippen molar-refractivity contribution in [1.82, 2.24) is 67.5 Å². The summed E-state index contributed by atoms with van der Waals surface area (Å²) in [5.41, 5.74) is 10.6. The first-order valence-electron chi connectivity index (χ1n) is 33.4. The molecule has 9 heterocycles. The second-order valence-electron chi connectivity index (χ2n) is 27.1. The van der Waals surface area contributed by atoms with Gasteiger partial charge in [-0.2, -0.15) is 19.7 Å². The van der Waals surface area contributed by atoms with E-state index in [1.807, 2.05) is 136 Å².